The molecule has 0 aliphatic heterocycles. The fourth-order valence-corrected chi connectivity index (χ4v) is 2.20. The van der Waals surface area contributed by atoms with Gasteiger partial charge in [-0.15, -0.1) is 16.7 Å². The van der Waals surface area contributed by atoms with Crippen LogP contribution >= 0.6 is 11.6 Å². The highest BCUT2D eigenvalue weighted by atomic mass is 35.5. The van der Waals surface area contributed by atoms with E-state index in [-0.39, 0.29) is 16.0 Å². The predicted molar refractivity (Wildman–Crippen MR) is 78.4 cm³/mol. The second-order valence-corrected chi connectivity index (χ2v) is 5.36. The molecule has 0 N–H and O–H groups in total. The lowest BCUT2D eigenvalue weighted by molar-refractivity contribution is -0.386. The van der Waals surface area contributed by atoms with E-state index in [1.54, 1.807) is 24.7 Å². The summed E-state index contributed by atoms with van der Waals surface area (Å²) in [5.74, 6) is 0. The molecule has 0 saturated heterocycles. The fourth-order valence-electron chi connectivity index (χ4n) is 2.10. The van der Waals surface area contributed by atoms with Crippen LogP contribution in [0.25, 0.3) is 0 Å². The normalized spacial score (nSPS) is 12.4. The van der Waals surface area contributed by atoms with Gasteiger partial charge in [-0.1, -0.05) is 12.1 Å². The Kier molecular flexibility index (Phi) is 4.52. The molecule has 1 atom stereocenters. The SMILES string of the molecule is CCC(Cl)c1cn(Cc2ncc(C)c([N+](=O)[O-])c2C)nn1. The van der Waals surface area contributed by atoms with Crippen LogP contribution in [-0.2, 0) is 6.54 Å². The van der Waals surface area contributed by atoms with Crippen LogP contribution < -0.4 is 0 Å². The third-order valence-electron chi connectivity index (χ3n) is 3.31. The van der Waals surface area contributed by atoms with Gasteiger partial charge in [-0.3, -0.25) is 15.1 Å². The monoisotopic (exact) mass is 309 g/mol. The summed E-state index contributed by atoms with van der Waals surface area (Å²) in [6, 6.07) is 0. The molecule has 0 radical (unpaired) electrons. The molecule has 0 fully saturated rings. The van der Waals surface area contributed by atoms with Crippen LogP contribution in [0.5, 0.6) is 0 Å². The van der Waals surface area contributed by atoms with Gasteiger partial charge in [0.15, 0.2) is 0 Å². The molecule has 0 spiro atoms. The lowest BCUT2D eigenvalue weighted by Crippen LogP contribution is -2.07. The van der Waals surface area contributed by atoms with E-state index in [0.29, 0.717) is 29.1 Å². The maximum absolute atomic E-state index is 11.1. The third kappa shape index (κ3) is 3.18. The van der Waals surface area contributed by atoms with Crippen molar-refractivity contribution in [2.45, 2.75) is 39.1 Å². The number of hydrogen-bond donors (Lipinski definition) is 0. The van der Waals surface area contributed by atoms with Gasteiger partial charge >= 0.3 is 0 Å². The zero-order chi connectivity index (χ0) is 15.6. The van der Waals surface area contributed by atoms with Crippen molar-refractivity contribution >= 4 is 17.3 Å². The van der Waals surface area contributed by atoms with Crippen LogP contribution in [-0.4, -0.2) is 24.9 Å². The summed E-state index contributed by atoms with van der Waals surface area (Å²) >= 11 is 6.11. The smallest absolute Gasteiger partial charge is 0.258 e. The summed E-state index contributed by atoms with van der Waals surface area (Å²) in [4.78, 5) is 15.0. The van der Waals surface area contributed by atoms with Crippen LogP contribution in [0.3, 0.4) is 0 Å². The number of rotatable bonds is 5. The minimum atomic E-state index is -0.380. The first-order valence-corrected chi connectivity index (χ1v) is 7.01. The van der Waals surface area contributed by atoms with Gasteiger partial charge < -0.3 is 0 Å². The van der Waals surface area contributed by atoms with Gasteiger partial charge in [-0.2, -0.15) is 0 Å². The van der Waals surface area contributed by atoms with E-state index in [2.05, 4.69) is 15.3 Å². The van der Waals surface area contributed by atoms with E-state index < -0.39 is 0 Å². The minimum Gasteiger partial charge on any atom is -0.258 e. The molecular weight excluding hydrogens is 294 g/mol. The molecule has 1 unspecified atom stereocenters. The molecule has 2 aromatic heterocycles. The Morgan fingerprint density at radius 2 is 2.19 bits per heavy atom. The van der Waals surface area contributed by atoms with E-state index >= 15 is 0 Å². The molecule has 7 nitrogen and oxygen atoms in total. The fraction of sp³-hybridized carbons (Fsp3) is 0.462. The lowest BCUT2D eigenvalue weighted by atomic mass is 10.1. The molecule has 0 bridgehead atoms. The zero-order valence-electron chi connectivity index (χ0n) is 12.1. The summed E-state index contributed by atoms with van der Waals surface area (Å²) in [7, 11) is 0. The van der Waals surface area contributed by atoms with Gasteiger partial charge in [0.1, 0.15) is 5.69 Å². The standard InChI is InChI=1S/C13H16ClN5O2/c1-4-10(14)12-7-18(17-16-12)6-11-9(3)13(19(20)21)8(2)5-15-11/h5,7,10H,4,6H2,1-3H3. The maximum atomic E-state index is 11.1. The number of nitrogens with zero attached hydrogens (tertiary/aromatic N) is 5. The van der Waals surface area contributed by atoms with E-state index in [9.17, 15) is 10.1 Å². The van der Waals surface area contributed by atoms with E-state index in [0.717, 1.165) is 6.42 Å². The average molecular weight is 310 g/mol. The highest BCUT2D eigenvalue weighted by Crippen LogP contribution is 2.25. The van der Waals surface area contributed by atoms with Gasteiger partial charge in [-0.05, 0) is 20.3 Å². The molecule has 8 heteroatoms. The van der Waals surface area contributed by atoms with Gasteiger partial charge in [0.05, 0.1) is 34.3 Å². The summed E-state index contributed by atoms with van der Waals surface area (Å²) in [6.45, 7) is 5.66. The summed E-state index contributed by atoms with van der Waals surface area (Å²) in [5, 5.41) is 18.9. The van der Waals surface area contributed by atoms with Crippen molar-refractivity contribution in [2.24, 2.45) is 0 Å². The molecule has 2 heterocycles. The molecule has 0 aliphatic rings. The molecule has 2 rings (SSSR count). The van der Waals surface area contributed by atoms with Gasteiger partial charge in [0, 0.05) is 11.8 Å². The van der Waals surface area contributed by atoms with Crippen molar-refractivity contribution in [3.8, 4) is 0 Å². The Balaban J connectivity index is 2.30. The molecule has 0 aliphatic carbocycles. The first-order valence-electron chi connectivity index (χ1n) is 6.57. The number of pyridine rings is 1. The van der Waals surface area contributed by atoms with Gasteiger partial charge in [-0.25, -0.2) is 4.68 Å². The topological polar surface area (TPSA) is 86.7 Å². The number of halogens is 1. The van der Waals surface area contributed by atoms with E-state index in [1.807, 2.05) is 6.92 Å². The summed E-state index contributed by atoms with van der Waals surface area (Å²) in [6.07, 6.45) is 4.01. The lowest BCUT2D eigenvalue weighted by Gasteiger charge is -2.07. The average Bonchev–Trinajstić information content (AvgIpc) is 2.89. The van der Waals surface area contributed by atoms with Gasteiger partial charge in [0.2, 0.25) is 0 Å². The van der Waals surface area contributed by atoms with Crippen LogP contribution in [0.15, 0.2) is 12.4 Å². The largest absolute Gasteiger partial charge is 0.278 e. The number of alkyl halides is 1. The molecule has 21 heavy (non-hydrogen) atoms. The van der Waals surface area contributed by atoms with E-state index in [4.69, 9.17) is 11.6 Å². The van der Waals surface area contributed by atoms with Crippen molar-refractivity contribution in [3.63, 3.8) is 0 Å². The molecule has 0 saturated carbocycles. The van der Waals surface area contributed by atoms with Crippen LogP contribution in [0.2, 0.25) is 0 Å². The highest BCUT2D eigenvalue weighted by Gasteiger charge is 2.19. The molecular formula is C13H16ClN5O2. The first-order chi connectivity index (χ1) is 9.93. The Morgan fingerprint density at radius 3 is 2.81 bits per heavy atom. The van der Waals surface area contributed by atoms with E-state index in [1.165, 1.54) is 6.20 Å². The highest BCUT2D eigenvalue weighted by molar-refractivity contribution is 6.20. The Labute approximate surface area is 127 Å². The molecule has 112 valence electrons. The molecule has 0 aromatic carbocycles. The predicted octanol–water partition coefficient (Wildman–Crippen LogP) is 2.94. The van der Waals surface area contributed by atoms with Crippen LogP contribution in [0.1, 0.15) is 41.2 Å². The van der Waals surface area contributed by atoms with Crippen molar-refractivity contribution < 1.29 is 4.92 Å². The summed E-state index contributed by atoms with van der Waals surface area (Å²) < 4.78 is 1.59. The van der Waals surface area contributed by atoms with Crippen molar-refractivity contribution in [1.29, 1.82) is 0 Å². The second-order valence-electron chi connectivity index (χ2n) is 4.84. The van der Waals surface area contributed by atoms with Gasteiger partial charge in [0.25, 0.3) is 5.69 Å². The molecule has 0 amide bonds. The molecule has 2 aromatic rings. The number of aromatic nitrogens is 4. The third-order valence-corrected chi connectivity index (χ3v) is 3.84. The zero-order valence-corrected chi connectivity index (χ0v) is 12.8. The summed E-state index contributed by atoms with van der Waals surface area (Å²) in [5.41, 5.74) is 2.50. The quantitative estimate of drug-likeness (QED) is 0.481. The first kappa shape index (κ1) is 15.4. The number of hydrogen-bond acceptors (Lipinski definition) is 5. The van der Waals surface area contributed by atoms with Crippen LogP contribution in [0.4, 0.5) is 5.69 Å². The number of nitro groups is 1. The maximum Gasteiger partial charge on any atom is 0.278 e. The Bertz CT molecular complexity index is 671. The van der Waals surface area contributed by atoms with Crippen molar-refractivity contribution in [1.82, 2.24) is 20.0 Å². The van der Waals surface area contributed by atoms with Crippen molar-refractivity contribution in [3.05, 3.63) is 45.0 Å². The Hall–Kier alpha value is -2.02. The Morgan fingerprint density at radius 1 is 1.48 bits per heavy atom. The van der Waals surface area contributed by atoms with Crippen LogP contribution in [0, 0.1) is 24.0 Å². The van der Waals surface area contributed by atoms with Crippen molar-refractivity contribution in [2.75, 3.05) is 0 Å². The minimum absolute atomic E-state index is 0.101. The second kappa shape index (κ2) is 6.17. The number of aryl methyl sites for hydroxylation is 1.